The molecule has 2 rings (SSSR count). The Morgan fingerprint density at radius 2 is 2.40 bits per heavy atom. The highest BCUT2D eigenvalue weighted by atomic mass is 32.1. The molecule has 1 N–H and O–H groups in total. The van der Waals surface area contributed by atoms with E-state index in [1.54, 1.807) is 11.3 Å². The lowest BCUT2D eigenvalue weighted by atomic mass is 10.1. The van der Waals surface area contributed by atoms with Crippen LogP contribution in [0.1, 0.15) is 36.9 Å². The average molecular weight is 296 g/mol. The molecule has 114 valence electrons. The number of likely N-dealkylation sites (N-methyl/N-ethyl adjacent to an activating group) is 2. The molecule has 1 atom stereocenters. The van der Waals surface area contributed by atoms with Gasteiger partial charge in [-0.2, -0.15) is 0 Å². The first-order valence-electron chi connectivity index (χ1n) is 7.71. The van der Waals surface area contributed by atoms with Crippen molar-refractivity contribution in [3.8, 4) is 0 Å². The molecule has 1 aliphatic heterocycles. The van der Waals surface area contributed by atoms with Gasteiger partial charge in [0.2, 0.25) is 0 Å². The van der Waals surface area contributed by atoms with Crippen molar-refractivity contribution in [2.24, 2.45) is 0 Å². The van der Waals surface area contributed by atoms with E-state index in [4.69, 9.17) is 4.98 Å². The minimum absolute atomic E-state index is 0.678. The van der Waals surface area contributed by atoms with Crippen LogP contribution in [0.15, 0.2) is 5.38 Å². The molecule has 0 spiro atoms. The Bertz CT molecular complexity index is 393. The van der Waals surface area contributed by atoms with Crippen LogP contribution in [0.4, 0.5) is 0 Å². The molecule has 0 aromatic carbocycles. The van der Waals surface area contributed by atoms with E-state index >= 15 is 0 Å². The minimum atomic E-state index is 0.678. The van der Waals surface area contributed by atoms with Gasteiger partial charge in [0.25, 0.3) is 0 Å². The second-order valence-electron chi connectivity index (χ2n) is 5.88. The van der Waals surface area contributed by atoms with Crippen molar-refractivity contribution in [1.29, 1.82) is 0 Å². The van der Waals surface area contributed by atoms with Gasteiger partial charge in [0.05, 0.1) is 5.69 Å². The summed E-state index contributed by atoms with van der Waals surface area (Å²) in [5.74, 6) is 0. The van der Waals surface area contributed by atoms with Crippen LogP contribution in [-0.4, -0.2) is 54.6 Å². The van der Waals surface area contributed by atoms with Crippen LogP contribution in [0.2, 0.25) is 0 Å². The van der Waals surface area contributed by atoms with E-state index in [0.717, 1.165) is 19.6 Å². The number of nitrogens with zero attached hydrogens (tertiary/aromatic N) is 3. The number of thiazole rings is 1. The zero-order valence-corrected chi connectivity index (χ0v) is 13.9. The highest BCUT2D eigenvalue weighted by Crippen LogP contribution is 2.17. The summed E-state index contributed by atoms with van der Waals surface area (Å²) in [6, 6.07) is 0.678. The Hall–Kier alpha value is -0.490. The highest BCUT2D eigenvalue weighted by molar-refractivity contribution is 7.09. The summed E-state index contributed by atoms with van der Waals surface area (Å²) >= 11 is 1.78. The van der Waals surface area contributed by atoms with Crippen molar-refractivity contribution in [2.45, 2.75) is 45.3 Å². The molecule has 5 heteroatoms. The molecule has 20 heavy (non-hydrogen) atoms. The Kier molecular flexibility index (Phi) is 6.42. The predicted octanol–water partition coefficient (Wildman–Crippen LogP) is 2.17. The molecule has 0 saturated carbocycles. The molecule has 1 saturated heterocycles. The van der Waals surface area contributed by atoms with Crippen LogP contribution >= 0.6 is 11.3 Å². The molecule has 0 radical (unpaired) electrons. The van der Waals surface area contributed by atoms with Crippen molar-refractivity contribution in [2.75, 3.05) is 33.7 Å². The molecule has 1 aliphatic rings. The van der Waals surface area contributed by atoms with Crippen molar-refractivity contribution in [1.82, 2.24) is 20.1 Å². The maximum atomic E-state index is 4.74. The molecule has 2 heterocycles. The van der Waals surface area contributed by atoms with Gasteiger partial charge in [-0.05, 0) is 46.4 Å². The fourth-order valence-electron chi connectivity index (χ4n) is 2.76. The number of hydrogen-bond acceptors (Lipinski definition) is 5. The topological polar surface area (TPSA) is 31.4 Å². The van der Waals surface area contributed by atoms with Gasteiger partial charge in [-0.3, -0.25) is 4.90 Å². The number of aromatic nitrogens is 1. The lowest BCUT2D eigenvalue weighted by Crippen LogP contribution is -2.44. The van der Waals surface area contributed by atoms with Crippen LogP contribution in [-0.2, 0) is 13.1 Å². The second-order valence-corrected chi connectivity index (χ2v) is 6.83. The molecule has 1 aromatic heterocycles. The van der Waals surface area contributed by atoms with Gasteiger partial charge >= 0.3 is 0 Å². The summed E-state index contributed by atoms with van der Waals surface area (Å²) in [5.41, 5.74) is 1.22. The summed E-state index contributed by atoms with van der Waals surface area (Å²) in [7, 11) is 4.46. The first-order valence-corrected chi connectivity index (χ1v) is 8.59. The summed E-state index contributed by atoms with van der Waals surface area (Å²) in [5, 5.41) is 6.84. The predicted molar refractivity (Wildman–Crippen MR) is 86.1 cm³/mol. The first-order chi connectivity index (χ1) is 9.69. The van der Waals surface area contributed by atoms with E-state index in [9.17, 15) is 0 Å². The Balaban J connectivity index is 1.80. The van der Waals surface area contributed by atoms with Crippen molar-refractivity contribution in [3.05, 3.63) is 16.1 Å². The van der Waals surface area contributed by atoms with Crippen LogP contribution in [0.5, 0.6) is 0 Å². The van der Waals surface area contributed by atoms with Crippen LogP contribution < -0.4 is 5.32 Å². The lowest BCUT2D eigenvalue weighted by Gasteiger charge is -2.35. The quantitative estimate of drug-likeness (QED) is 0.782. The minimum Gasteiger partial charge on any atom is -0.310 e. The van der Waals surface area contributed by atoms with Crippen LogP contribution in [0.25, 0.3) is 0 Å². The maximum absolute atomic E-state index is 4.74. The SMILES string of the molecule is CCCNCc1nc(CN(C)C2CCCN(C)C2)cs1. The van der Waals surface area contributed by atoms with Crippen molar-refractivity contribution < 1.29 is 0 Å². The van der Waals surface area contributed by atoms with Gasteiger partial charge in [0.1, 0.15) is 5.01 Å². The number of hydrogen-bond donors (Lipinski definition) is 1. The van der Waals surface area contributed by atoms with Gasteiger partial charge in [-0.15, -0.1) is 11.3 Å². The van der Waals surface area contributed by atoms with Crippen molar-refractivity contribution in [3.63, 3.8) is 0 Å². The van der Waals surface area contributed by atoms with Crippen LogP contribution in [0, 0.1) is 0 Å². The van der Waals surface area contributed by atoms with Crippen LogP contribution in [0.3, 0.4) is 0 Å². The number of likely N-dealkylation sites (tertiary alicyclic amines) is 1. The standard InChI is InChI=1S/C15H28N4S/c1-4-7-16-9-15-17-13(12-20-15)10-19(3)14-6-5-8-18(2)11-14/h12,14,16H,4-11H2,1-3H3. The van der Waals surface area contributed by atoms with Gasteiger partial charge in [0.15, 0.2) is 0 Å². The fraction of sp³-hybridized carbons (Fsp3) is 0.800. The van der Waals surface area contributed by atoms with E-state index in [1.807, 2.05) is 0 Å². The van der Waals surface area contributed by atoms with E-state index in [1.165, 1.54) is 43.1 Å². The molecule has 4 nitrogen and oxygen atoms in total. The van der Waals surface area contributed by atoms with Gasteiger partial charge in [-0.25, -0.2) is 4.98 Å². The normalized spacial score (nSPS) is 20.7. The summed E-state index contributed by atoms with van der Waals surface area (Å²) in [6.07, 6.45) is 3.81. The fourth-order valence-corrected chi connectivity index (χ4v) is 3.51. The van der Waals surface area contributed by atoms with Gasteiger partial charge < -0.3 is 10.2 Å². The Labute approximate surface area is 127 Å². The largest absolute Gasteiger partial charge is 0.310 e. The summed E-state index contributed by atoms with van der Waals surface area (Å²) in [4.78, 5) is 9.64. The molecule has 1 unspecified atom stereocenters. The number of nitrogens with one attached hydrogen (secondary N) is 1. The van der Waals surface area contributed by atoms with E-state index in [2.05, 4.69) is 41.5 Å². The van der Waals surface area contributed by atoms with Crippen molar-refractivity contribution >= 4 is 11.3 Å². The highest BCUT2D eigenvalue weighted by Gasteiger charge is 2.21. The molecule has 1 aromatic rings. The average Bonchev–Trinajstić information content (AvgIpc) is 2.86. The van der Waals surface area contributed by atoms with Gasteiger partial charge in [0, 0.05) is 31.1 Å². The zero-order valence-electron chi connectivity index (χ0n) is 13.1. The van der Waals surface area contributed by atoms with E-state index in [0.29, 0.717) is 6.04 Å². The monoisotopic (exact) mass is 296 g/mol. The Morgan fingerprint density at radius 3 is 3.15 bits per heavy atom. The maximum Gasteiger partial charge on any atom is 0.107 e. The second kappa shape index (κ2) is 8.08. The molecule has 0 bridgehead atoms. The molecular weight excluding hydrogens is 268 g/mol. The third kappa shape index (κ3) is 4.81. The van der Waals surface area contributed by atoms with Gasteiger partial charge in [-0.1, -0.05) is 6.92 Å². The molecule has 0 amide bonds. The number of rotatable bonds is 7. The third-order valence-electron chi connectivity index (χ3n) is 3.94. The summed E-state index contributed by atoms with van der Waals surface area (Å²) in [6.45, 7) is 7.58. The summed E-state index contributed by atoms with van der Waals surface area (Å²) < 4.78 is 0. The Morgan fingerprint density at radius 1 is 1.55 bits per heavy atom. The smallest absolute Gasteiger partial charge is 0.107 e. The number of piperidine rings is 1. The van der Waals surface area contributed by atoms with E-state index < -0.39 is 0 Å². The zero-order chi connectivity index (χ0) is 14.4. The third-order valence-corrected chi connectivity index (χ3v) is 4.83. The molecular formula is C15H28N4S. The molecule has 1 fully saturated rings. The lowest BCUT2D eigenvalue weighted by molar-refractivity contribution is 0.128. The van der Waals surface area contributed by atoms with E-state index in [-0.39, 0.29) is 0 Å². The first kappa shape index (κ1) is 15.9. The molecule has 0 aliphatic carbocycles.